The molecule has 1 aliphatic carbocycles. The molecule has 0 aliphatic heterocycles. The van der Waals surface area contributed by atoms with Crippen LogP contribution in [-0.4, -0.2) is 11.1 Å². The third-order valence-corrected chi connectivity index (χ3v) is 6.19. The largest absolute Gasteiger partial charge is 0.478 e. The van der Waals surface area contributed by atoms with Gasteiger partial charge in [0, 0.05) is 22.5 Å². The second-order valence-corrected chi connectivity index (χ2v) is 8.43. The molecule has 4 aromatic carbocycles. The maximum absolute atomic E-state index is 11.5. The first-order chi connectivity index (χ1) is 15.0. The molecule has 31 heavy (non-hydrogen) atoms. The van der Waals surface area contributed by atoms with E-state index in [2.05, 4.69) is 61.2 Å². The SMILES string of the molecule is CC1(C)c2ccc(C(=O)O)cc2-c2ccc(N(c3ccccc3)c3ccccc3)cc21. The fourth-order valence-corrected chi connectivity index (χ4v) is 4.61. The second kappa shape index (κ2) is 7.13. The Labute approximate surface area is 182 Å². The van der Waals surface area contributed by atoms with E-state index in [1.54, 1.807) is 12.1 Å². The summed E-state index contributed by atoms with van der Waals surface area (Å²) in [5.41, 5.74) is 7.86. The van der Waals surface area contributed by atoms with Crippen molar-refractivity contribution in [3.05, 3.63) is 114 Å². The number of hydrogen-bond donors (Lipinski definition) is 1. The standard InChI is InChI=1S/C28H23NO2/c1-28(2)25-16-13-19(27(30)31)17-24(25)23-15-14-22(18-26(23)28)29(20-9-5-3-6-10-20)21-11-7-4-8-12-21/h3-18H,1-2H3,(H,30,31). The van der Waals surface area contributed by atoms with Crippen molar-refractivity contribution in [2.45, 2.75) is 19.3 Å². The summed E-state index contributed by atoms with van der Waals surface area (Å²) >= 11 is 0. The minimum Gasteiger partial charge on any atom is -0.478 e. The number of aromatic carboxylic acids is 1. The first-order valence-corrected chi connectivity index (χ1v) is 10.4. The monoisotopic (exact) mass is 405 g/mol. The summed E-state index contributed by atoms with van der Waals surface area (Å²) < 4.78 is 0. The molecule has 3 heteroatoms. The average Bonchev–Trinajstić information content (AvgIpc) is 3.02. The summed E-state index contributed by atoms with van der Waals surface area (Å²) in [6.07, 6.45) is 0. The van der Waals surface area contributed by atoms with Gasteiger partial charge in [0.2, 0.25) is 0 Å². The Hall–Kier alpha value is -3.85. The van der Waals surface area contributed by atoms with Gasteiger partial charge in [0.15, 0.2) is 0 Å². The zero-order chi connectivity index (χ0) is 21.6. The van der Waals surface area contributed by atoms with Crippen molar-refractivity contribution in [3.8, 4) is 11.1 Å². The Morgan fingerprint density at radius 2 is 1.29 bits per heavy atom. The van der Waals surface area contributed by atoms with Crippen LogP contribution in [0.1, 0.15) is 35.3 Å². The third-order valence-electron chi connectivity index (χ3n) is 6.19. The highest BCUT2D eigenvalue weighted by Gasteiger charge is 2.36. The molecule has 0 radical (unpaired) electrons. The zero-order valence-corrected chi connectivity index (χ0v) is 17.5. The van der Waals surface area contributed by atoms with E-state index in [-0.39, 0.29) is 5.41 Å². The van der Waals surface area contributed by atoms with Crippen molar-refractivity contribution in [1.82, 2.24) is 0 Å². The summed E-state index contributed by atoms with van der Waals surface area (Å²) in [6.45, 7) is 4.41. The number of hydrogen-bond acceptors (Lipinski definition) is 2. The van der Waals surface area contributed by atoms with Crippen molar-refractivity contribution in [2.75, 3.05) is 4.90 Å². The molecule has 1 aliphatic rings. The number of carboxylic acid groups (broad SMARTS) is 1. The maximum atomic E-state index is 11.5. The van der Waals surface area contributed by atoms with Crippen LogP contribution in [0.5, 0.6) is 0 Å². The van der Waals surface area contributed by atoms with E-state index in [1.165, 1.54) is 5.56 Å². The fourth-order valence-electron chi connectivity index (χ4n) is 4.61. The summed E-state index contributed by atoms with van der Waals surface area (Å²) in [5, 5.41) is 9.46. The lowest BCUT2D eigenvalue weighted by atomic mass is 9.82. The van der Waals surface area contributed by atoms with Gasteiger partial charge >= 0.3 is 5.97 Å². The molecule has 0 atom stereocenters. The highest BCUT2D eigenvalue weighted by atomic mass is 16.4. The second-order valence-electron chi connectivity index (χ2n) is 8.43. The smallest absolute Gasteiger partial charge is 0.335 e. The topological polar surface area (TPSA) is 40.5 Å². The Morgan fingerprint density at radius 3 is 1.87 bits per heavy atom. The molecule has 4 aromatic rings. The average molecular weight is 405 g/mol. The minimum absolute atomic E-state index is 0.212. The van der Waals surface area contributed by atoms with Gasteiger partial charge in [0.1, 0.15) is 0 Å². The van der Waals surface area contributed by atoms with Gasteiger partial charge in [-0.05, 0) is 70.8 Å². The van der Waals surface area contributed by atoms with Gasteiger partial charge in [0.25, 0.3) is 0 Å². The van der Waals surface area contributed by atoms with Crippen LogP contribution in [0.2, 0.25) is 0 Å². The molecule has 0 spiro atoms. The van der Waals surface area contributed by atoms with E-state index < -0.39 is 5.97 Å². The number of carboxylic acids is 1. The van der Waals surface area contributed by atoms with Crippen LogP contribution < -0.4 is 4.90 Å². The molecule has 0 saturated heterocycles. The molecule has 0 amide bonds. The van der Waals surface area contributed by atoms with Crippen molar-refractivity contribution < 1.29 is 9.90 Å². The van der Waals surface area contributed by atoms with Gasteiger partial charge in [-0.15, -0.1) is 0 Å². The summed E-state index contributed by atoms with van der Waals surface area (Å²) in [5.74, 6) is -0.898. The Balaban J connectivity index is 1.69. The lowest BCUT2D eigenvalue weighted by Gasteiger charge is -2.28. The van der Waals surface area contributed by atoms with E-state index in [0.29, 0.717) is 5.56 Å². The number of nitrogens with zero attached hydrogens (tertiary/aromatic N) is 1. The summed E-state index contributed by atoms with van der Waals surface area (Å²) in [6, 6.07) is 32.6. The van der Waals surface area contributed by atoms with Crippen LogP contribution in [-0.2, 0) is 5.41 Å². The number of rotatable bonds is 4. The summed E-state index contributed by atoms with van der Waals surface area (Å²) in [4.78, 5) is 13.8. The van der Waals surface area contributed by atoms with Crippen LogP contribution in [0.3, 0.4) is 0 Å². The molecule has 3 nitrogen and oxygen atoms in total. The Kier molecular flexibility index (Phi) is 4.40. The van der Waals surface area contributed by atoms with Gasteiger partial charge < -0.3 is 10.0 Å². The first kappa shape index (κ1) is 19.1. The molecular formula is C28H23NO2. The molecule has 0 unspecified atom stereocenters. The van der Waals surface area contributed by atoms with Crippen LogP contribution in [0.4, 0.5) is 17.1 Å². The van der Waals surface area contributed by atoms with E-state index in [4.69, 9.17) is 0 Å². The fraction of sp³-hybridized carbons (Fsp3) is 0.107. The van der Waals surface area contributed by atoms with Gasteiger partial charge in [-0.3, -0.25) is 0 Å². The van der Waals surface area contributed by atoms with E-state index >= 15 is 0 Å². The number of fused-ring (bicyclic) bond motifs is 3. The lowest BCUT2D eigenvalue weighted by molar-refractivity contribution is 0.0697. The van der Waals surface area contributed by atoms with Crippen molar-refractivity contribution in [1.29, 1.82) is 0 Å². The van der Waals surface area contributed by atoms with Gasteiger partial charge in [-0.1, -0.05) is 62.4 Å². The highest BCUT2D eigenvalue weighted by Crippen LogP contribution is 2.50. The molecule has 0 heterocycles. The molecule has 0 saturated carbocycles. The first-order valence-electron chi connectivity index (χ1n) is 10.4. The number of anilines is 3. The van der Waals surface area contributed by atoms with Crippen molar-refractivity contribution in [2.24, 2.45) is 0 Å². The maximum Gasteiger partial charge on any atom is 0.335 e. The number of carbonyl (C=O) groups is 1. The third kappa shape index (κ3) is 3.10. The van der Waals surface area contributed by atoms with Crippen molar-refractivity contribution in [3.63, 3.8) is 0 Å². The molecule has 0 fully saturated rings. The van der Waals surface area contributed by atoms with Crippen LogP contribution in [0.25, 0.3) is 11.1 Å². The van der Waals surface area contributed by atoms with Crippen LogP contribution in [0, 0.1) is 0 Å². The van der Waals surface area contributed by atoms with Gasteiger partial charge in [0.05, 0.1) is 5.56 Å². The minimum atomic E-state index is -0.898. The molecule has 152 valence electrons. The molecular weight excluding hydrogens is 382 g/mol. The number of benzene rings is 4. The zero-order valence-electron chi connectivity index (χ0n) is 17.5. The van der Waals surface area contributed by atoms with E-state index in [0.717, 1.165) is 33.8 Å². The highest BCUT2D eigenvalue weighted by molar-refractivity contribution is 5.93. The van der Waals surface area contributed by atoms with E-state index in [9.17, 15) is 9.90 Å². The Morgan fingerprint density at radius 1 is 0.677 bits per heavy atom. The number of para-hydroxylation sites is 2. The van der Waals surface area contributed by atoms with Gasteiger partial charge in [-0.2, -0.15) is 0 Å². The molecule has 5 rings (SSSR count). The predicted molar refractivity (Wildman–Crippen MR) is 126 cm³/mol. The molecule has 0 aromatic heterocycles. The predicted octanol–water partition coefficient (Wildman–Crippen LogP) is 7.16. The molecule has 1 N–H and O–H groups in total. The lowest BCUT2D eigenvalue weighted by Crippen LogP contribution is -2.16. The van der Waals surface area contributed by atoms with Crippen LogP contribution in [0.15, 0.2) is 97.1 Å². The Bertz CT molecular complexity index is 1240. The van der Waals surface area contributed by atoms with E-state index in [1.807, 2.05) is 42.5 Å². The quantitative estimate of drug-likeness (QED) is 0.391. The van der Waals surface area contributed by atoms with Crippen molar-refractivity contribution >= 4 is 23.0 Å². The van der Waals surface area contributed by atoms with Gasteiger partial charge in [-0.25, -0.2) is 4.79 Å². The molecule has 0 bridgehead atoms. The summed E-state index contributed by atoms with van der Waals surface area (Å²) in [7, 11) is 0. The van der Waals surface area contributed by atoms with Crippen LogP contribution >= 0.6 is 0 Å². The normalized spacial score (nSPS) is 13.4.